The van der Waals surface area contributed by atoms with E-state index in [2.05, 4.69) is 30.5 Å². The fourth-order valence-electron chi connectivity index (χ4n) is 2.67. The van der Waals surface area contributed by atoms with Gasteiger partial charge in [0.15, 0.2) is 0 Å². The van der Waals surface area contributed by atoms with Gasteiger partial charge in [-0.15, -0.1) is 0 Å². The van der Waals surface area contributed by atoms with Crippen molar-refractivity contribution in [3.05, 3.63) is 59.4 Å². The number of sulfonamides is 1. The Morgan fingerprint density at radius 1 is 1.08 bits per heavy atom. The van der Waals surface area contributed by atoms with Gasteiger partial charge in [-0.05, 0) is 52.6 Å². The van der Waals surface area contributed by atoms with Crippen LogP contribution in [0, 0.1) is 0 Å². The predicted molar refractivity (Wildman–Crippen MR) is 102 cm³/mol. The molecule has 1 aromatic carbocycles. The number of nitrogens with one attached hydrogen (secondary N) is 1. The van der Waals surface area contributed by atoms with Crippen LogP contribution in [-0.2, 0) is 21.9 Å². The lowest BCUT2D eigenvalue weighted by molar-refractivity contribution is 0.573. The maximum atomic E-state index is 12.9. The molecule has 5 heteroatoms. The molecule has 0 atom stereocenters. The largest absolute Gasteiger partial charge is 0.265 e. The summed E-state index contributed by atoms with van der Waals surface area (Å²) in [7, 11) is -3.55. The highest BCUT2D eigenvalue weighted by atomic mass is 32.2. The number of hydrogen-bond donors (Lipinski definition) is 1. The van der Waals surface area contributed by atoms with Gasteiger partial charge in [0, 0.05) is 18.9 Å². The van der Waals surface area contributed by atoms with Crippen LogP contribution in [0.1, 0.15) is 57.2 Å². The van der Waals surface area contributed by atoms with E-state index in [0.717, 1.165) is 16.7 Å². The lowest BCUT2D eigenvalue weighted by atomic mass is 9.86. The van der Waals surface area contributed by atoms with E-state index < -0.39 is 10.0 Å². The Kier molecular flexibility index (Phi) is 6.01. The van der Waals surface area contributed by atoms with Crippen molar-refractivity contribution in [3.8, 4) is 0 Å². The van der Waals surface area contributed by atoms with Crippen LogP contribution < -0.4 is 4.72 Å². The van der Waals surface area contributed by atoms with Gasteiger partial charge in [-0.1, -0.05) is 46.8 Å². The maximum Gasteiger partial charge on any atom is 0.240 e. The van der Waals surface area contributed by atoms with Gasteiger partial charge in [-0.25, -0.2) is 13.1 Å². The Morgan fingerprint density at radius 3 is 2.28 bits per heavy atom. The highest BCUT2D eigenvalue weighted by Gasteiger charge is 2.23. The first kappa shape index (κ1) is 19.6. The van der Waals surface area contributed by atoms with Crippen molar-refractivity contribution in [1.82, 2.24) is 9.71 Å². The third kappa shape index (κ3) is 5.13. The Bertz CT molecular complexity index is 807. The Balaban J connectivity index is 2.27. The highest BCUT2D eigenvalue weighted by molar-refractivity contribution is 7.89. The smallest absolute Gasteiger partial charge is 0.240 e. The van der Waals surface area contributed by atoms with Crippen LogP contribution in [0.3, 0.4) is 0 Å². The molecule has 136 valence electrons. The predicted octanol–water partition coefficient (Wildman–Crippen LogP) is 4.02. The molecule has 2 aromatic rings. The lowest BCUT2D eigenvalue weighted by Gasteiger charge is -2.22. The van der Waals surface area contributed by atoms with E-state index in [-0.39, 0.29) is 11.3 Å². The van der Waals surface area contributed by atoms with Crippen molar-refractivity contribution in [3.63, 3.8) is 0 Å². The average molecular weight is 361 g/mol. The number of hydrogen-bond acceptors (Lipinski definition) is 3. The van der Waals surface area contributed by atoms with Gasteiger partial charge in [-0.2, -0.15) is 0 Å². The first-order chi connectivity index (χ1) is 11.6. The van der Waals surface area contributed by atoms with E-state index in [0.29, 0.717) is 17.9 Å². The number of aromatic nitrogens is 1. The molecule has 0 amide bonds. The van der Waals surface area contributed by atoms with Gasteiger partial charge in [0.25, 0.3) is 0 Å². The summed E-state index contributed by atoms with van der Waals surface area (Å²) < 4.78 is 28.6. The summed E-state index contributed by atoms with van der Waals surface area (Å²) in [5.41, 5.74) is 2.83. The van der Waals surface area contributed by atoms with E-state index in [1.165, 1.54) is 0 Å². The van der Waals surface area contributed by atoms with Crippen molar-refractivity contribution >= 4 is 10.0 Å². The third-order valence-electron chi connectivity index (χ3n) is 4.25. The zero-order valence-corrected chi connectivity index (χ0v) is 16.5. The second-order valence-corrected chi connectivity index (χ2v) is 9.40. The fourth-order valence-corrected chi connectivity index (χ4v) is 4.09. The molecule has 2 rings (SSSR count). The Labute approximate surface area is 151 Å². The summed E-state index contributed by atoms with van der Waals surface area (Å²) in [6.07, 6.45) is 4.07. The van der Waals surface area contributed by atoms with E-state index in [1.807, 2.05) is 44.2 Å². The minimum Gasteiger partial charge on any atom is -0.265 e. The zero-order valence-electron chi connectivity index (χ0n) is 15.7. The van der Waals surface area contributed by atoms with Crippen LogP contribution in [0.25, 0.3) is 0 Å². The summed E-state index contributed by atoms with van der Waals surface area (Å²) in [5, 5.41) is 0. The van der Waals surface area contributed by atoms with Gasteiger partial charge in [0.1, 0.15) is 0 Å². The number of benzene rings is 1. The standard InChI is InChI=1S/C20H28N2O2S/c1-15(2)18-7-6-17(20(3,4)5)14-19(18)25(23,24)22-13-10-16-8-11-21-12-9-16/h6-9,11-12,14-15,22H,10,13H2,1-5H3. The average Bonchev–Trinajstić information content (AvgIpc) is 2.54. The summed E-state index contributed by atoms with van der Waals surface area (Å²) in [6.45, 7) is 10.7. The second-order valence-electron chi connectivity index (χ2n) is 7.66. The van der Waals surface area contributed by atoms with Crippen molar-refractivity contribution < 1.29 is 8.42 Å². The molecule has 1 heterocycles. The SMILES string of the molecule is CC(C)c1ccc(C(C)(C)C)cc1S(=O)(=O)NCCc1ccncc1. The molecule has 0 aliphatic rings. The first-order valence-corrected chi connectivity index (χ1v) is 10.1. The van der Waals surface area contributed by atoms with Crippen molar-refractivity contribution in [2.75, 3.05) is 6.54 Å². The summed E-state index contributed by atoms with van der Waals surface area (Å²) in [6, 6.07) is 9.60. The van der Waals surface area contributed by atoms with Gasteiger partial charge in [-0.3, -0.25) is 4.98 Å². The Morgan fingerprint density at radius 2 is 1.72 bits per heavy atom. The molecule has 1 N–H and O–H groups in total. The molecule has 0 fully saturated rings. The molecule has 0 saturated carbocycles. The van der Waals surface area contributed by atoms with E-state index in [1.54, 1.807) is 12.4 Å². The minimum atomic E-state index is -3.55. The minimum absolute atomic E-state index is 0.100. The molecule has 1 aromatic heterocycles. The van der Waals surface area contributed by atoms with Gasteiger partial charge in [0.2, 0.25) is 10.0 Å². The van der Waals surface area contributed by atoms with Crippen LogP contribution >= 0.6 is 0 Å². The van der Waals surface area contributed by atoms with Crippen LogP contribution in [0.15, 0.2) is 47.6 Å². The first-order valence-electron chi connectivity index (χ1n) is 8.64. The molecule has 4 nitrogen and oxygen atoms in total. The molecule has 0 saturated heterocycles. The molecule has 0 aliphatic carbocycles. The summed E-state index contributed by atoms with van der Waals surface area (Å²) in [5.74, 6) is 0.140. The third-order valence-corrected chi connectivity index (χ3v) is 5.76. The van der Waals surface area contributed by atoms with Crippen LogP contribution in [0.5, 0.6) is 0 Å². The van der Waals surface area contributed by atoms with E-state index >= 15 is 0 Å². The fraction of sp³-hybridized carbons (Fsp3) is 0.450. The van der Waals surface area contributed by atoms with E-state index in [9.17, 15) is 8.42 Å². The van der Waals surface area contributed by atoms with Gasteiger partial charge < -0.3 is 0 Å². The normalized spacial score (nSPS) is 12.6. The van der Waals surface area contributed by atoms with Crippen LogP contribution in [0.2, 0.25) is 0 Å². The van der Waals surface area contributed by atoms with Crippen molar-refractivity contribution in [1.29, 1.82) is 0 Å². The molecular weight excluding hydrogens is 332 g/mol. The van der Waals surface area contributed by atoms with Crippen molar-refractivity contribution in [2.24, 2.45) is 0 Å². The monoisotopic (exact) mass is 360 g/mol. The quantitative estimate of drug-likeness (QED) is 0.846. The summed E-state index contributed by atoms with van der Waals surface area (Å²) >= 11 is 0. The molecule has 0 aliphatic heterocycles. The lowest BCUT2D eigenvalue weighted by Crippen LogP contribution is -2.27. The molecule has 0 spiro atoms. The topological polar surface area (TPSA) is 59.1 Å². The van der Waals surface area contributed by atoms with Crippen LogP contribution in [0.4, 0.5) is 0 Å². The highest BCUT2D eigenvalue weighted by Crippen LogP contribution is 2.30. The van der Waals surface area contributed by atoms with Crippen LogP contribution in [-0.4, -0.2) is 19.9 Å². The van der Waals surface area contributed by atoms with Gasteiger partial charge >= 0.3 is 0 Å². The molecule has 0 unspecified atom stereocenters. The van der Waals surface area contributed by atoms with E-state index in [4.69, 9.17) is 0 Å². The Hall–Kier alpha value is -1.72. The number of nitrogens with zero attached hydrogens (tertiary/aromatic N) is 1. The molecule has 25 heavy (non-hydrogen) atoms. The zero-order chi connectivity index (χ0) is 18.7. The van der Waals surface area contributed by atoms with Gasteiger partial charge in [0.05, 0.1) is 4.90 Å². The molecule has 0 bridgehead atoms. The summed E-state index contributed by atoms with van der Waals surface area (Å²) in [4.78, 5) is 4.37. The van der Waals surface area contributed by atoms with Crippen molar-refractivity contribution in [2.45, 2.75) is 57.3 Å². The molecule has 0 radical (unpaired) electrons. The molecular formula is C20H28N2O2S. The second kappa shape index (κ2) is 7.67. The number of rotatable bonds is 6. The maximum absolute atomic E-state index is 12.9. The number of pyridine rings is 1.